The van der Waals surface area contributed by atoms with Gasteiger partial charge in [0.15, 0.2) is 0 Å². The van der Waals surface area contributed by atoms with Crippen LogP contribution >= 0.6 is 15.9 Å². The number of nitrogens with one attached hydrogen (secondary N) is 1. The van der Waals surface area contributed by atoms with E-state index < -0.39 is 12.2 Å². The van der Waals surface area contributed by atoms with Gasteiger partial charge in [-0.1, -0.05) is 52.3 Å². The van der Waals surface area contributed by atoms with Crippen molar-refractivity contribution in [3.05, 3.63) is 59.7 Å². The van der Waals surface area contributed by atoms with E-state index in [9.17, 15) is 9.90 Å². The summed E-state index contributed by atoms with van der Waals surface area (Å²) in [5.41, 5.74) is 2.13. The fraction of sp³-hybridized carbons (Fsp3) is 0.235. The number of aliphatic hydroxyl groups is 1. The number of aliphatic hydroxyl groups excluding tert-OH is 1. The Kier molecular flexibility index (Phi) is 6.43. The van der Waals surface area contributed by atoms with Gasteiger partial charge in [0.2, 0.25) is 0 Å². The molecule has 5 nitrogen and oxygen atoms in total. The fourth-order valence-electron chi connectivity index (χ4n) is 1.96. The van der Waals surface area contributed by atoms with Gasteiger partial charge in [-0.15, -0.1) is 0 Å². The van der Waals surface area contributed by atoms with Crippen LogP contribution in [0.4, 0.5) is 10.5 Å². The predicted octanol–water partition coefficient (Wildman–Crippen LogP) is 3.87. The summed E-state index contributed by atoms with van der Waals surface area (Å²) in [4.78, 5) is 11.5. The van der Waals surface area contributed by atoms with Crippen molar-refractivity contribution < 1.29 is 19.4 Å². The Balaban J connectivity index is 2.20. The van der Waals surface area contributed by atoms with Gasteiger partial charge in [0.25, 0.3) is 0 Å². The molecule has 2 aromatic carbocycles. The van der Waals surface area contributed by atoms with E-state index in [-0.39, 0.29) is 0 Å². The van der Waals surface area contributed by atoms with Crippen molar-refractivity contribution in [3.63, 3.8) is 0 Å². The quantitative estimate of drug-likeness (QED) is 0.747. The van der Waals surface area contributed by atoms with Crippen LogP contribution in [0.25, 0.3) is 0 Å². The third-order valence-electron chi connectivity index (χ3n) is 3.19. The van der Waals surface area contributed by atoms with Crippen molar-refractivity contribution in [2.24, 2.45) is 0 Å². The molecule has 0 aliphatic carbocycles. The molecule has 0 aliphatic rings. The van der Waals surface area contributed by atoms with Crippen molar-refractivity contribution in [2.45, 2.75) is 12.7 Å². The number of alkyl halides is 1. The first kappa shape index (κ1) is 17.3. The number of ether oxygens (including phenoxy) is 2. The molecule has 0 spiro atoms. The van der Waals surface area contributed by atoms with Crippen LogP contribution in [0.3, 0.4) is 0 Å². The van der Waals surface area contributed by atoms with Gasteiger partial charge in [0, 0.05) is 5.33 Å². The Bertz CT molecular complexity index is 648. The number of methoxy groups -OCH3 is 1. The molecule has 1 atom stereocenters. The number of halogens is 1. The molecule has 2 rings (SSSR count). The van der Waals surface area contributed by atoms with Crippen LogP contribution < -0.4 is 10.1 Å². The zero-order valence-electron chi connectivity index (χ0n) is 12.7. The number of rotatable bonds is 6. The molecule has 0 aliphatic heterocycles. The molecule has 0 unspecified atom stereocenters. The van der Waals surface area contributed by atoms with Gasteiger partial charge in [-0.25, -0.2) is 4.79 Å². The molecule has 0 aromatic heterocycles. The van der Waals surface area contributed by atoms with Gasteiger partial charge < -0.3 is 14.6 Å². The maximum atomic E-state index is 11.5. The van der Waals surface area contributed by atoms with Gasteiger partial charge in [-0.3, -0.25) is 5.32 Å². The molecule has 2 N–H and O–H groups in total. The molecule has 2 aromatic rings. The van der Waals surface area contributed by atoms with Gasteiger partial charge in [0.1, 0.15) is 12.4 Å². The molecule has 0 bridgehead atoms. The first-order valence-corrected chi connectivity index (χ1v) is 8.16. The Hall–Kier alpha value is -2.05. The first-order chi connectivity index (χ1) is 11.1. The molecule has 1 amide bonds. The van der Waals surface area contributed by atoms with E-state index in [1.54, 1.807) is 18.2 Å². The van der Waals surface area contributed by atoms with Crippen LogP contribution in [0, 0.1) is 0 Å². The summed E-state index contributed by atoms with van der Waals surface area (Å²) >= 11 is 3.23. The third kappa shape index (κ3) is 4.97. The summed E-state index contributed by atoms with van der Waals surface area (Å²) in [7, 11) is 1.29. The van der Waals surface area contributed by atoms with E-state index in [0.29, 0.717) is 28.9 Å². The van der Waals surface area contributed by atoms with Gasteiger partial charge in [-0.2, -0.15) is 0 Å². The Morgan fingerprint density at radius 3 is 2.65 bits per heavy atom. The average molecular weight is 380 g/mol. The number of hydrogen-bond donors (Lipinski definition) is 2. The Morgan fingerprint density at radius 1 is 1.26 bits per heavy atom. The zero-order chi connectivity index (χ0) is 16.7. The van der Waals surface area contributed by atoms with E-state index in [0.717, 1.165) is 5.56 Å². The molecular weight excluding hydrogens is 362 g/mol. The number of carbonyl (C=O) groups is 1. The van der Waals surface area contributed by atoms with E-state index in [1.807, 2.05) is 30.3 Å². The highest BCUT2D eigenvalue weighted by Gasteiger charge is 2.13. The third-order valence-corrected chi connectivity index (χ3v) is 3.81. The minimum atomic E-state index is -0.670. The SMILES string of the molecule is COC(=O)Nc1cc([C@H](O)CBr)ccc1OCc1ccccc1. The monoisotopic (exact) mass is 379 g/mol. The molecule has 122 valence electrons. The Labute approximate surface area is 143 Å². The molecular formula is C17H18BrNO4. The zero-order valence-corrected chi connectivity index (χ0v) is 14.2. The lowest BCUT2D eigenvalue weighted by Gasteiger charge is -2.15. The van der Waals surface area contributed by atoms with Crippen molar-refractivity contribution in [1.82, 2.24) is 0 Å². The second-order valence-electron chi connectivity index (χ2n) is 4.82. The predicted molar refractivity (Wildman–Crippen MR) is 92.0 cm³/mol. The van der Waals surface area contributed by atoms with Gasteiger partial charge in [-0.05, 0) is 23.3 Å². The summed E-state index contributed by atoms with van der Waals surface area (Å²) in [6, 6.07) is 14.9. The van der Waals surface area contributed by atoms with Crippen LogP contribution in [0.1, 0.15) is 17.2 Å². The molecule has 0 saturated heterocycles. The standard InChI is InChI=1S/C17H18BrNO4/c1-22-17(21)19-14-9-13(15(20)10-18)7-8-16(14)23-11-12-5-3-2-4-6-12/h2-9,15,20H,10-11H2,1H3,(H,19,21)/t15-/m1/s1. The topological polar surface area (TPSA) is 67.8 Å². The van der Waals surface area contributed by atoms with Gasteiger partial charge in [0.05, 0.1) is 18.9 Å². The maximum absolute atomic E-state index is 11.5. The molecule has 0 fully saturated rings. The smallest absolute Gasteiger partial charge is 0.411 e. The summed E-state index contributed by atoms with van der Waals surface area (Å²) in [6.07, 6.45) is -1.27. The highest BCUT2D eigenvalue weighted by atomic mass is 79.9. The summed E-state index contributed by atoms with van der Waals surface area (Å²) in [6.45, 7) is 0.372. The normalized spacial score (nSPS) is 11.6. The maximum Gasteiger partial charge on any atom is 0.411 e. The van der Waals surface area contributed by atoms with E-state index in [2.05, 4.69) is 26.0 Å². The highest BCUT2D eigenvalue weighted by molar-refractivity contribution is 9.09. The van der Waals surface area contributed by atoms with Crippen LogP contribution in [0.15, 0.2) is 48.5 Å². The highest BCUT2D eigenvalue weighted by Crippen LogP contribution is 2.30. The largest absolute Gasteiger partial charge is 0.487 e. The molecule has 0 heterocycles. The minimum Gasteiger partial charge on any atom is -0.487 e. The number of anilines is 1. The van der Waals surface area contributed by atoms with E-state index in [1.165, 1.54) is 7.11 Å². The average Bonchev–Trinajstić information content (AvgIpc) is 2.60. The minimum absolute atomic E-state index is 0.372. The van der Waals surface area contributed by atoms with Crippen molar-refractivity contribution in [2.75, 3.05) is 17.8 Å². The summed E-state index contributed by atoms with van der Waals surface area (Å²) in [5, 5.41) is 12.9. The lowest BCUT2D eigenvalue weighted by Crippen LogP contribution is -2.13. The van der Waals surface area contributed by atoms with Crippen LogP contribution in [-0.4, -0.2) is 23.6 Å². The van der Waals surface area contributed by atoms with E-state index >= 15 is 0 Å². The number of hydrogen-bond acceptors (Lipinski definition) is 4. The molecule has 0 radical (unpaired) electrons. The number of amides is 1. The van der Waals surface area contributed by atoms with Crippen LogP contribution in [-0.2, 0) is 11.3 Å². The van der Waals surface area contributed by atoms with Crippen LogP contribution in [0.2, 0.25) is 0 Å². The lowest BCUT2D eigenvalue weighted by atomic mass is 10.1. The first-order valence-electron chi connectivity index (χ1n) is 7.03. The Morgan fingerprint density at radius 2 is 2.00 bits per heavy atom. The summed E-state index contributed by atoms with van der Waals surface area (Å²) < 4.78 is 10.4. The number of carbonyl (C=O) groups excluding carboxylic acids is 1. The second kappa shape index (κ2) is 8.55. The van der Waals surface area contributed by atoms with Crippen molar-refractivity contribution >= 4 is 27.7 Å². The number of benzene rings is 2. The second-order valence-corrected chi connectivity index (χ2v) is 5.46. The van der Waals surface area contributed by atoms with Crippen LogP contribution in [0.5, 0.6) is 5.75 Å². The summed E-state index contributed by atoms with van der Waals surface area (Å²) in [5.74, 6) is 0.504. The molecule has 23 heavy (non-hydrogen) atoms. The van der Waals surface area contributed by atoms with Gasteiger partial charge >= 0.3 is 6.09 Å². The van der Waals surface area contributed by atoms with E-state index in [4.69, 9.17) is 4.74 Å². The van der Waals surface area contributed by atoms with Crippen molar-refractivity contribution in [1.29, 1.82) is 0 Å². The van der Waals surface area contributed by atoms with Crippen molar-refractivity contribution in [3.8, 4) is 5.75 Å². The lowest BCUT2D eigenvalue weighted by molar-refractivity contribution is 0.186. The molecule has 6 heteroatoms. The molecule has 0 saturated carbocycles. The fourth-order valence-corrected chi connectivity index (χ4v) is 2.34.